The van der Waals surface area contributed by atoms with Gasteiger partial charge in [-0.25, -0.2) is 4.90 Å². The molecule has 2 aliphatic rings. The lowest BCUT2D eigenvalue weighted by atomic mass is 9.83. The van der Waals surface area contributed by atoms with Crippen LogP contribution in [0.5, 0.6) is 11.5 Å². The van der Waals surface area contributed by atoms with Crippen LogP contribution in [0.1, 0.15) is 21.9 Å². The number of methoxy groups -OCH3 is 2. The molecule has 1 fully saturated rings. The number of aromatic nitrogens is 1. The number of carbonyl (C=O) groups is 3. The summed E-state index contributed by atoms with van der Waals surface area (Å²) in [6.07, 6.45) is 0. The summed E-state index contributed by atoms with van der Waals surface area (Å²) in [7, 11) is 3.05. The fourth-order valence-electron chi connectivity index (χ4n) is 5.49. The van der Waals surface area contributed by atoms with Crippen molar-refractivity contribution in [1.82, 2.24) is 4.57 Å². The van der Waals surface area contributed by atoms with E-state index in [2.05, 4.69) is 5.32 Å². The number of amides is 3. The Kier molecular flexibility index (Phi) is 7.80. The zero-order valence-electron chi connectivity index (χ0n) is 23.3. The lowest BCUT2D eigenvalue weighted by Gasteiger charge is -2.31. The fraction of sp³-hybridized carbons (Fsp3) is 0.226. The van der Waals surface area contributed by atoms with Gasteiger partial charge in [-0.3, -0.25) is 23.7 Å². The summed E-state index contributed by atoms with van der Waals surface area (Å²) in [6, 6.07) is 19.2. The Bertz CT molecular complexity index is 1800. The van der Waals surface area contributed by atoms with Crippen molar-refractivity contribution >= 4 is 63.8 Å². The molecule has 12 heteroatoms. The third-order valence-electron chi connectivity index (χ3n) is 7.54. The van der Waals surface area contributed by atoms with Crippen molar-refractivity contribution in [2.24, 2.45) is 5.92 Å². The van der Waals surface area contributed by atoms with Crippen molar-refractivity contribution in [3.63, 3.8) is 0 Å². The first-order valence-corrected chi connectivity index (χ1v) is 15.4. The van der Waals surface area contributed by atoms with E-state index < -0.39 is 23.0 Å². The van der Waals surface area contributed by atoms with E-state index in [1.54, 1.807) is 48.5 Å². The van der Waals surface area contributed by atoms with Gasteiger partial charge in [0.2, 0.25) is 17.7 Å². The smallest absolute Gasteiger partial charge is 0.308 e. The molecule has 0 unspecified atom stereocenters. The van der Waals surface area contributed by atoms with E-state index in [0.717, 1.165) is 28.7 Å². The van der Waals surface area contributed by atoms with Crippen LogP contribution in [0.2, 0.25) is 5.02 Å². The van der Waals surface area contributed by atoms with Gasteiger partial charge in [-0.05, 0) is 61.0 Å². The van der Waals surface area contributed by atoms with Gasteiger partial charge in [-0.1, -0.05) is 58.5 Å². The molecule has 6 rings (SSSR count). The molecule has 2 aliphatic heterocycles. The number of thiazole rings is 1. The number of benzene rings is 3. The number of rotatable bonds is 7. The van der Waals surface area contributed by atoms with Gasteiger partial charge in [0.15, 0.2) is 11.5 Å². The predicted octanol–water partition coefficient (Wildman–Crippen LogP) is 5.32. The minimum absolute atomic E-state index is 0.264. The van der Waals surface area contributed by atoms with Crippen LogP contribution in [-0.4, -0.2) is 41.8 Å². The normalized spacial score (nSPS) is 19.2. The first-order valence-electron chi connectivity index (χ1n) is 13.3. The van der Waals surface area contributed by atoms with Gasteiger partial charge in [0.1, 0.15) is 11.8 Å². The van der Waals surface area contributed by atoms with Gasteiger partial charge in [-0.2, -0.15) is 0 Å². The molecule has 43 heavy (non-hydrogen) atoms. The van der Waals surface area contributed by atoms with E-state index in [0.29, 0.717) is 43.4 Å². The number of halogens is 1. The van der Waals surface area contributed by atoms with Crippen LogP contribution in [0.15, 0.2) is 76.6 Å². The predicted molar refractivity (Wildman–Crippen MR) is 167 cm³/mol. The molecule has 1 N–H and O–H groups in total. The summed E-state index contributed by atoms with van der Waals surface area (Å²) in [6.45, 7) is 1.67. The molecule has 0 spiro atoms. The van der Waals surface area contributed by atoms with Crippen molar-refractivity contribution in [3.8, 4) is 11.5 Å². The SMILES string of the molecule is COc1ccc([C@@H]2c3sc(=O)n(CC(=O)Nc4ccc(Cl)cc4)c3S[C@H]3C(=O)N(c4ccc(C)cc4)C(=O)[C@@H]23)cc1OC. The van der Waals surface area contributed by atoms with E-state index in [-0.39, 0.29) is 23.2 Å². The Morgan fingerprint density at radius 3 is 2.30 bits per heavy atom. The number of aryl methyl sites for hydroxylation is 1. The van der Waals surface area contributed by atoms with E-state index >= 15 is 0 Å². The Morgan fingerprint density at radius 2 is 1.63 bits per heavy atom. The Labute approximate surface area is 260 Å². The van der Waals surface area contributed by atoms with Crippen molar-refractivity contribution in [2.75, 3.05) is 24.4 Å². The van der Waals surface area contributed by atoms with Crippen LogP contribution in [0.25, 0.3) is 0 Å². The van der Waals surface area contributed by atoms with Crippen molar-refractivity contribution in [1.29, 1.82) is 0 Å². The maximum absolute atomic E-state index is 14.1. The largest absolute Gasteiger partial charge is 0.493 e. The van der Waals surface area contributed by atoms with E-state index in [1.807, 2.05) is 25.1 Å². The summed E-state index contributed by atoms with van der Waals surface area (Å²) in [5.74, 6) is -1.57. The quantitative estimate of drug-likeness (QED) is 0.274. The third kappa shape index (κ3) is 5.21. The Morgan fingerprint density at radius 1 is 0.930 bits per heavy atom. The minimum Gasteiger partial charge on any atom is -0.493 e. The molecule has 9 nitrogen and oxygen atoms in total. The number of carbonyl (C=O) groups excluding carboxylic acids is 3. The summed E-state index contributed by atoms with van der Waals surface area (Å²) in [5, 5.41) is 3.01. The third-order valence-corrected chi connectivity index (χ3v) is 10.4. The van der Waals surface area contributed by atoms with E-state index in [1.165, 1.54) is 23.7 Å². The second-order valence-corrected chi connectivity index (χ2v) is 12.7. The number of hydrogen-bond donors (Lipinski definition) is 1. The van der Waals surface area contributed by atoms with Crippen molar-refractivity contribution < 1.29 is 23.9 Å². The summed E-state index contributed by atoms with van der Waals surface area (Å²) >= 11 is 8.10. The van der Waals surface area contributed by atoms with Gasteiger partial charge in [0.05, 0.1) is 30.9 Å². The highest BCUT2D eigenvalue weighted by atomic mass is 35.5. The summed E-state index contributed by atoms with van der Waals surface area (Å²) < 4.78 is 12.3. The second kappa shape index (κ2) is 11.6. The van der Waals surface area contributed by atoms with E-state index in [4.69, 9.17) is 21.1 Å². The first kappa shape index (κ1) is 29.0. The number of thioether (sulfide) groups is 1. The zero-order valence-corrected chi connectivity index (χ0v) is 25.7. The number of nitrogens with one attached hydrogen (secondary N) is 1. The minimum atomic E-state index is -0.807. The molecular formula is C31H26ClN3O6S2. The molecule has 3 amide bonds. The monoisotopic (exact) mass is 635 g/mol. The number of fused-ring (bicyclic) bond motifs is 2. The highest BCUT2D eigenvalue weighted by Gasteiger charge is 2.57. The Hall–Kier alpha value is -4.06. The lowest BCUT2D eigenvalue weighted by molar-refractivity contribution is -0.122. The number of imide groups is 1. The molecule has 4 aromatic rings. The summed E-state index contributed by atoms with van der Waals surface area (Å²) in [5.41, 5.74) is 2.72. The van der Waals surface area contributed by atoms with Crippen molar-refractivity contribution in [3.05, 3.63) is 97.4 Å². The topological polar surface area (TPSA) is 107 Å². The average Bonchev–Trinajstić information content (AvgIpc) is 3.44. The molecule has 1 aromatic heterocycles. The van der Waals surface area contributed by atoms with Crippen LogP contribution in [0.4, 0.5) is 11.4 Å². The number of nitrogens with zero attached hydrogens (tertiary/aromatic N) is 2. The molecule has 0 radical (unpaired) electrons. The zero-order chi connectivity index (χ0) is 30.4. The molecule has 220 valence electrons. The van der Waals surface area contributed by atoms with Crippen LogP contribution in [0, 0.1) is 12.8 Å². The molecule has 1 saturated heterocycles. The van der Waals surface area contributed by atoms with Crippen molar-refractivity contribution in [2.45, 2.75) is 29.7 Å². The number of hydrogen-bond acceptors (Lipinski definition) is 8. The molecule has 3 heterocycles. The van der Waals surface area contributed by atoms with Crippen LogP contribution in [-0.2, 0) is 20.9 Å². The lowest BCUT2D eigenvalue weighted by Crippen LogP contribution is -2.33. The maximum atomic E-state index is 14.1. The molecule has 0 bridgehead atoms. The second-order valence-electron chi connectivity index (χ2n) is 10.2. The average molecular weight is 636 g/mol. The van der Waals surface area contributed by atoms with Gasteiger partial charge in [0, 0.05) is 21.5 Å². The van der Waals surface area contributed by atoms with E-state index in [9.17, 15) is 19.2 Å². The highest BCUT2D eigenvalue weighted by Crippen LogP contribution is 2.54. The standard InChI is InChI=1S/C31H26ClN3O6S2/c1-16-4-11-20(12-5-16)35-28(37)25-24(17-6-13-21(40-2)22(14-17)41-3)27-30(42-26(25)29(35)38)34(31(39)43-27)15-23(36)33-19-9-7-18(32)8-10-19/h4-14,24-26H,15H2,1-3H3,(H,33,36)/t24-,25-,26+/m0/s1. The highest BCUT2D eigenvalue weighted by molar-refractivity contribution is 8.00. The molecule has 0 aliphatic carbocycles. The Balaban J connectivity index is 1.43. The molecule has 3 aromatic carbocycles. The maximum Gasteiger partial charge on any atom is 0.308 e. The van der Waals surface area contributed by atoms with Gasteiger partial charge >= 0.3 is 4.87 Å². The van der Waals surface area contributed by atoms with Gasteiger partial charge < -0.3 is 14.8 Å². The fourth-order valence-corrected chi connectivity index (χ4v) is 8.39. The van der Waals surface area contributed by atoms with Crippen LogP contribution in [0.3, 0.4) is 0 Å². The molecule has 3 atom stereocenters. The number of ether oxygens (including phenoxy) is 2. The molecular weight excluding hydrogens is 610 g/mol. The first-order chi connectivity index (χ1) is 20.7. The van der Waals surface area contributed by atoms with Crippen LogP contribution >= 0.6 is 34.7 Å². The molecule has 0 saturated carbocycles. The van der Waals surface area contributed by atoms with Gasteiger partial charge in [-0.15, -0.1) is 0 Å². The summed E-state index contributed by atoms with van der Waals surface area (Å²) in [4.78, 5) is 55.9. The van der Waals surface area contributed by atoms with Crippen LogP contribution < -0.4 is 24.6 Å². The number of anilines is 2. The van der Waals surface area contributed by atoms with Gasteiger partial charge in [0.25, 0.3) is 0 Å².